The lowest BCUT2D eigenvalue weighted by Gasteiger charge is -2.14. The van der Waals surface area contributed by atoms with E-state index in [1.807, 2.05) is 32.0 Å². The first kappa shape index (κ1) is 16.8. The van der Waals surface area contributed by atoms with Gasteiger partial charge in [-0.1, -0.05) is 29.2 Å². The van der Waals surface area contributed by atoms with Crippen molar-refractivity contribution in [3.05, 3.63) is 23.8 Å². The van der Waals surface area contributed by atoms with Crippen LogP contribution in [0.25, 0.3) is 0 Å². The molecule has 0 saturated carbocycles. The van der Waals surface area contributed by atoms with Crippen LogP contribution in [0.1, 0.15) is 25.5 Å². The van der Waals surface area contributed by atoms with Crippen LogP contribution in [0.2, 0.25) is 0 Å². The fourth-order valence-electron chi connectivity index (χ4n) is 2.17. The Kier molecular flexibility index (Phi) is 5.41. The van der Waals surface area contributed by atoms with E-state index in [2.05, 4.69) is 20.8 Å². The maximum atomic E-state index is 12.1. The number of benzene rings is 1. The summed E-state index contributed by atoms with van der Waals surface area (Å²) >= 11 is 2.83. The van der Waals surface area contributed by atoms with Crippen molar-refractivity contribution < 1.29 is 14.3 Å². The third-order valence-corrected chi connectivity index (χ3v) is 5.35. The first-order chi connectivity index (χ1) is 11.7. The van der Waals surface area contributed by atoms with Gasteiger partial charge in [0.2, 0.25) is 17.8 Å². The molecule has 7 nitrogen and oxygen atoms in total. The number of nitrogens with one attached hydrogen (secondary N) is 2. The van der Waals surface area contributed by atoms with E-state index in [1.165, 1.54) is 23.1 Å². The second-order valence-electron chi connectivity index (χ2n) is 5.09. The predicted octanol–water partition coefficient (Wildman–Crippen LogP) is 2.67. The van der Waals surface area contributed by atoms with Crippen LogP contribution in [0.3, 0.4) is 0 Å². The van der Waals surface area contributed by atoms with E-state index in [4.69, 9.17) is 9.47 Å². The molecule has 0 bridgehead atoms. The standard InChI is InChI=1S/C15H18N4O3S2/c1-3-16-14-18-19-15(24-14)23-7-13(20)17-9(2)10-4-5-11-12(6-10)22-8-21-11/h4-6,9H,3,7-8H2,1-2H3,(H,16,18)(H,17,20)/t9-/m1/s1. The molecule has 0 fully saturated rings. The number of fused-ring (bicyclic) bond motifs is 1. The van der Waals surface area contributed by atoms with Gasteiger partial charge in [0, 0.05) is 6.54 Å². The molecule has 1 amide bonds. The number of ether oxygens (including phenoxy) is 2. The van der Waals surface area contributed by atoms with E-state index in [0.717, 1.165) is 27.3 Å². The number of carbonyl (C=O) groups excluding carboxylic acids is 1. The van der Waals surface area contributed by atoms with Crippen LogP contribution in [0, 0.1) is 0 Å². The first-order valence-electron chi connectivity index (χ1n) is 7.54. The van der Waals surface area contributed by atoms with Gasteiger partial charge < -0.3 is 20.1 Å². The number of rotatable bonds is 7. The molecule has 3 rings (SSSR count). The molecule has 128 valence electrons. The van der Waals surface area contributed by atoms with Crippen LogP contribution in [0.5, 0.6) is 11.5 Å². The number of hydrogen-bond donors (Lipinski definition) is 2. The van der Waals surface area contributed by atoms with Gasteiger partial charge in [0.15, 0.2) is 15.8 Å². The molecule has 1 atom stereocenters. The molecule has 24 heavy (non-hydrogen) atoms. The molecule has 2 aromatic rings. The molecule has 9 heteroatoms. The summed E-state index contributed by atoms with van der Waals surface area (Å²) in [7, 11) is 0. The Hall–Kier alpha value is -2.00. The Balaban J connectivity index is 1.50. The number of amides is 1. The molecule has 0 spiro atoms. The Morgan fingerprint density at radius 2 is 2.21 bits per heavy atom. The van der Waals surface area contributed by atoms with E-state index in [9.17, 15) is 4.79 Å². The maximum Gasteiger partial charge on any atom is 0.231 e. The lowest BCUT2D eigenvalue weighted by atomic mass is 10.1. The summed E-state index contributed by atoms with van der Waals surface area (Å²) in [6.07, 6.45) is 0. The van der Waals surface area contributed by atoms with Crippen molar-refractivity contribution >= 4 is 34.1 Å². The molecule has 1 aliphatic heterocycles. The molecule has 1 aliphatic rings. The van der Waals surface area contributed by atoms with Crippen LogP contribution in [0.4, 0.5) is 5.13 Å². The van der Waals surface area contributed by atoms with E-state index in [1.54, 1.807) is 0 Å². The SMILES string of the molecule is CCNc1nnc(SCC(=O)N[C@H](C)c2ccc3c(c2)OCO3)s1. The van der Waals surface area contributed by atoms with Crippen molar-refractivity contribution in [2.24, 2.45) is 0 Å². The summed E-state index contributed by atoms with van der Waals surface area (Å²) in [6.45, 7) is 4.98. The first-order valence-corrected chi connectivity index (χ1v) is 9.35. The molecule has 1 aromatic heterocycles. The highest BCUT2D eigenvalue weighted by Gasteiger charge is 2.17. The average Bonchev–Trinajstić information content (AvgIpc) is 3.21. The molecule has 0 unspecified atom stereocenters. The summed E-state index contributed by atoms with van der Waals surface area (Å²) in [4.78, 5) is 12.1. The fourth-order valence-corrected chi connectivity index (χ4v) is 3.80. The van der Waals surface area contributed by atoms with E-state index in [-0.39, 0.29) is 18.7 Å². The van der Waals surface area contributed by atoms with Gasteiger partial charge in [-0.25, -0.2) is 0 Å². The molecule has 0 radical (unpaired) electrons. The van der Waals surface area contributed by atoms with Gasteiger partial charge in [0.25, 0.3) is 0 Å². The zero-order valence-corrected chi connectivity index (χ0v) is 15.0. The highest BCUT2D eigenvalue weighted by atomic mass is 32.2. The van der Waals surface area contributed by atoms with Crippen molar-refractivity contribution in [2.45, 2.75) is 24.2 Å². The second-order valence-corrected chi connectivity index (χ2v) is 7.29. The number of aromatic nitrogens is 2. The predicted molar refractivity (Wildman–Crippen MR) is 93.9 cm³/mol. The molecular weight excluding hydrogens is 348 g/mol. The van der Waals surface area contributed by atoms with Gasteiger partial charge in [-0.05, 0) is 31.5 Å². The Labute approximate surface area is 148 Å². The smallest absolute Gasteiger partial charge is 0.231 e. The van der Waals surface area contributed by atoms with Crippen molar-refractivity contribution in [1.29, 1.82) is 0 Å². The topological polar surface area (TPSA) is 85.4 Å². The van der Waals surface area contributed by atoms with Gasteiger partial charge in [0.1, 0.15) is 0 Å². The minimum atomic E-state index is -0.112. The maximum absolute atomic E-state index is 12.1. The van der Waals surface area contributed by atoms with Gasteiger partial charge in [-0.3, -0.25) is 4.79 Å². The molecule has 0 aliphatic carbocycles. The molecule has 0 saturated heterocycles. The van der Waals surface area contributed by atoms with Crippen LogP contribution in [-0.2, 0) is 4.79 Å². The van der Waals surface area contributed by atoms with E-state index in [0.29, 0.717) is 11.5 Å². The molecular formula is C15H18N4O3S2. The van der Waals surface area contributed by atoms with Crippen LogP contribution < -0.4 is 20.1 Å². The summed E-state index contributed by atoms with van der Waals surface area (Å²) < 4.78 is 11.4. The quantitative estimate of drug-likeness (QED) is 0.729. The summed E-state index contributed by atoms with van der Waals surface area (Å²) in [5.74, 6) is 1.70. The fraction of sp³-hybridized carbons (Fsp3) is 0.400. The monoisotopic (exact) mass is 366 g/mol. The Morgan fingerprint density at radius 3 is 3.04 bits per heavy atom. The highest BCUT2D eigenvalue weighted by Crippen LogP contribution is 2.34. The van der Waals surface area contributed by atoms with E-state index >= 15 is 0 Å². The largest absolute Gasteiger partial charge is 0.454 e. The van der Waals surface area contributed by atoms with Gasteiger partial charge in [-0.15, -0.1) is 10.2 Å². The minimum Gasteiger partial charge on any atom is -0.454 e. The number of thioether (sulfide) groups is 1. The summed E-state index contributed by atoms with van der Waals surface area (Å²) in [5.41, 5.74) is 0.975. The average molecular weight is 366 g/mol. The van der Waals surface area contributed by atoms with E-state index < -0.39 is 0 Å². The number of hydrogen-bond acceptors (Lipinski definition) is 8. The highest BCUT2D eigenvalue weighted by molar-refractivity contribution is 8.01. The minimum absolute atomic E-state index is 0.0506. The number of anilines is 1. The van der Waals surface area contributed by atoms with Crippen molar-refractivity contribution in [3.63, 3.8) is 0 Å². The van der Waals surface area contributed by atoms with Crippen LogP contribution >= 0.6 is 23.1 Å². The Bertz CT molecular complexity index is 722. The van der Waals surface area contributed by atoms with Crippen molar-refractivity contribution in [3.8, 4) is 11.5 Å². The number of carbonyl (C=O) groups is 1. The Morgan fingerprint density at radius 1 is 1.38 bits per heavy atom. The van der Waals surface area contributed by atoms with Crippen molar-refractivity contribution in [2.75, 3.05) is 24.4 Å². The summed E-state index contributed by atoms with van der Waals surface area (Å²) in [6, 6.07) is 5.57. The van der Waals surface area contributed by atoms with Gasteiger partial charge in [-0.2, -0.15) is 0 Å². The third kappa shape index (κ3) is 4.09. The molecule has 2 N–H and O–H groups in total. The summed E-state index contributed by atoms with van der Waals surface area (Å²) in [5, 5.41) is 14.9. The van der Waals surface area contributed by atoms with Crippen LogP contribution in [0.15, 0.2) is 22.5 Å². The van der Waals surface area contributed by atoms with Gasteiger partial charge >= 0.3 is 0 Å². The number of nitrogens with zero attached hydrogens (tertiary/aromatic N) is 2. The second kappa shape index (κ2) is 7.71. The third-order valence-electron chi connectivity index (χ3n) is 3.34. The lowest BCUT2D eigenvalue weighted by Crippen LogP contribution is -2.28. The molecule has 2 heterocycles. The van der Waals surface area contributed by atoms with Gasteiger partial charge in [0.05, 0.1) is 11.8 Å². The van der Waals surface area contributed by atoms with Crippen molar-refractivity contribution in [1.82, 2.24) is 15.5 Å². The van der Waals surface area contributed by atoms with Crippen LogP contribution in [-0.4, -0.2) is 35.2 Å². The normalized spacial score (nSPS) is 13.6. The lowest BCUT2D eigenvalue weighted by molar-refractivity contribution is -0.119. The zero-order chi connectivity index (χ0) is 16.9. The molecule has 1 aromatic carbocycles. The zero-order valence-electron chi connectivity index (χ0n) is 13.4.